The summed E-state index contributed by atoms with van der Waals surface area (Å²) in [6.07, 6.45) is 7.85. The third kappa shape index (κ3) is 4.07. The minimum atomic E-state index is 0.346. The van der Waals surface area contributed by atoms with Crippen molar-refractivity contribution < 1.29 is 0 Å². The van der Waals surface area contributed by atoms with E-state index in [0.717, 1.165) is 18.3 Å². The summed E-state index contributed by atoms with van der Waals surface area (Å²) in [5, 5.41) is 0. The summed E-state index contributed by atoms with van der Waals surface area (Å²) in [4.78, 5) is 0. The van der Waals surface area contributed by atoms with Crippen LogP contribution < -0.4 is 5.73 Å². The van der Waals surface area contributed by atoms with Gasteiger partial charge in [-0.15, -0.1) is 0 Å². The first-order valence-electron chi connectivity index (χ1n) is 7.91. The topological polar surface area (TPSA) is 26.0 Å². The van der Waals surface area contributed by atoms with E-state index in [0.29, 0.717) is 6.04 Å². The molecule has 1 aromatic rings. The van der Waals surface area contributed by atoms with Gasteiger partial charge in [0.05, 0.1) is 0 Å². The highest BCUT2D eigenvalue weighted by molar-refractivity contribution is 5.29. The van der Waals surface area contributed by atoms with Gasteiger partial charge in [0.15, 0.2) is 0 Å². The molecule has 0 bridgehead atoms. The van der Waals surface area contributed by atoms with Gasteiger partial charge in [0.1, 0.15) is 0 Å². The van der Waals surface area contributed by atoms with Crippen LogP contribution in [0.4, 0.5) is 0 Å². The van der Waals surface area contributed by atoms with E-state index in [2.05, 4.69) is 39.0 Å². The average molecular weight is 259 g/mol. The lowest BCUT2D eigenvalue weighted by Crippen LogP contribution is -2.34. The Labute approximate surface area is 118 Å². The number of hydrogen-bond acceptors (Lipinski definition) is 1. The second-order valence-corrected chi connectivity index (χ2v) is 6.55. The maximum absolute atomic E-state index is 6.47. The fourth-order valence-corrected chi connectivity index (χ4v) is 3.65. The zero-order valence-corrected chi connectivity index (χ0v) is 12.8. The highest BCUT2D eigenvalue weighted by Gasteiger charge is 2.24. The van der Waals surface area contributed by atoms with Gasteiger partial charge in [0, 0.05) is 6.04 Å². The predicted molar refractivity (Wildman–Crippen MR) is 83.3 cm³/mol. The van der Waals surface area contributed by atoms with Crippen LogP contribution in [0.3, 0.4) is 0 Å². The molecular formula is C18H29N. The van der Waals surface area contributed by atoms with Crippen molar-refractivity contribution in [3.05, 3.63) is 34.9 Å². The first kappa shape index (κ1) is 14.6. The molecule has 2 rings (SSSR count). The summed E-state index contributed by atoms with van der Waals surface area (Å²) >= 11 is 0. The highest BCUT2D eigenvalue weighted by atomic mass is 14.6. The molecule has 19 heavy (non-hydrogen) atoms. The summed E-state index contributed by atoms with van der Waals surface area (Å²) < 4.78 is 0. The van der Waals surface area contributed by atoms with Gasteiger partial charge >= 0.3 is 0 Å². The molecule has 0 amide bonds. The summed E-state index contributed by atoms with van der Waals surface area (Å²) in [6.45, 7) is 6.67. The minimum Gasteiger partial charge on any atom is -0.327 e. The first-order valence-corrected chi connectivity index (χ1v) is 7.91. The predicted octanol–water partition coefficient (Wildman–Crippen LogP) is 4.39. The van der Waals surface area contributed by atoms with Crippen molar-refractivity contribution >= 4 is 0 Å². The summed E-state index contributed by atoms with van der Waals surface area (Å²) in [6, 6.07) is 7.18. The van der Waals surface area contributed by atoms with Crippen LogP contribution in [-0.2, 0) is 6.42 Å². The zero-order chi connectivity index (χ0) is 13.8. The van der Waals surface area contributed by atoms with Gasteiger partial charge in [0.25, 0.3) is 0 Å². The van der Waals surface area contributed by atoms with E-state index in [-0.39, 0.29) is 0 Å². The number of nitrogens with two attached hydrogens (primary N) is 1. The molecule has 0 spiro atoms. The van der Waals surface area contributed by atoms with Gasteiger partial charge in [-0.05, 0) is 50.5 Å². The number of rotatable bonds is 4. The van der Waals surface area contributed by atoms with Crippen LogP contribution >= 0.6 is 0 Å². The summed E-state index contributed by atoms with van der Waals surface area (Å²) in [5.41, 5.74) is 10.6. The second-order valence-electron chi connectivity index (χ2n) is 6.55. The largest absolute Gasteiger partial charge is 0.327 e. The SMILES string of the molecule is CCC1CCC(C(N)Cc2cc(C)cc(C)c2)CC1. The molecule has 1 nitrogen and oxygen atoms in total. The van der Waals surface area contributed by atoms with Gasteiger partial charge in [-0.2, -0.15) is 0 Å². The molecule has 1 saturated carbocycles. The van der Waals surface area contributed by atoms with E-state index in [1.165, 1.54) is 48.8 Å². The molecule has 1 unspecified atom stereocenters. The van der Waals surface area contributed by atoms with Crippen molar-refractivity contribution in [1.29, 1.82) is 0 Å². The van der Waals surface area contributed by atoms with Gasteiger partial charge < -0.3 is 5.73 Å². The van der Waals surface area contributed by atoms with Gasteiger partial charge in [-0.25, -0.2) is 0 Å². The number of hydrogen-bond donors (Lipinski definition) is 1. The van der Waals surface area contributed by atoms with Gasteiger partial charge in [0.2, 0.25) is 0 Å². The van der Waals surface area contributed by atoms with E-state index < -0.39 is 0 Å². The van der Waals surface area contributed by atoms with Crippen LogP contribution in [-0.4, -0.2) is 6.04 Å². The van der Waals surface area contributed by atoms with Crippen molar-refractivity contribution in [1.82, 2.24) is 0 Å². The quantitative estimate of drug-likeness (QED) is 0.852. The zero-order valence-electron chi connectivity index (χ0n) is 12.8. The van der Waals surface area contributed by atoms with E-state index in [4.69, 9.17) is 5.73 Å². The average Bonchev–Trinajstić information content (AvgIpc) is 2.37. The van der Waals surface area contributed by atoms with Crippen molar-refractivity contribution in [2.75, 3.05) is 0 Å². The first-order chi connectivity index (χ1) is 9.08. The summed E-state index contributed by atoms with van der Waals surface area (Å²) in [5.74, 6) is 1.70. The van der Waals surface area contributed by atoms with Crippen LogP contribution in [0.25, 0.3) is 0 Å². The Morgan fingerprint density at radius 3 is 2.16 bits per heavy atom. The third-order valence-corrected chi connectivity index (χ3v) is 4.83. The Kier molecular flexibility index (Phi) is 5.04. The van der Waals surface area contributed by atoms with Crippen LogP contribution in [0.1, 0.15) is 55.7 Å². The molecule has 0 radical (unpaired) electrons. The molecule has 1 aliphatic carbocycles. The van der Waals surface area contributed by atoms with Crippen LogP contribution in [0, 0.1) is 25.7 Å². The Morgan fingerprint density at radius 2 is 1.63 bits per heavy atom. The lowest BCUT2D eigenvalue weighted by molar-refractivity contribution is 0.238. The van der Waals surface area contributed by atoms with Crippen molar-refractivity contribution in [3.63, 3.8) is 0 Å². The maximum Gasteiger partial charge on any atom is 0.0108 e. The van der Waals surface area contributed by atoms with Crippen LogP contribution in [0.5, 0.6) is 0 Å². The maximum atomic E-state index is 6.47. The van der Waals surface area contributed by atoms with E-state index >= 15 is 0 Å². The Bertz CT molecular complexity index is 382. The van der Waals surface area contributed by atoms with Crippen LogP contribution in [0.2, 0.25) is 0 Å². The molecule has 0 aromatic heterocycles. The lowest BCUT2D eigenvalue weighted by Gasteiger charge is -2.32. The van der Waals surface area contributed by atoms with Crippen LogP contribution in [0.15, 0.2) is 18.2 Å². The smallest absolute Gasteiger partial charge is 0.0108 e. The molecule has 0 aliphatic heterocycles. The van der Waals surface area contributed by atoms with Crippen molar-refractivity contribution in [2.45, 2.75) is 65.3 Å². The lowest BCUT2D eigenvalue weighted by atomic mass is 9.76. The molecule has 1 fully saturated rings. The van der Waals surface area contributed by atoms with E-state index in [1.54, 1.807) is 0 Å². The molecular weight excluding hydrogens is 230 g/mol. The Morgan fingerprint density at radius 1 is 1.05 bits per heavy atom. The Balaban J connectivity index is 1.92. The molecule has 1 atom stereocenters. The van der Waals surface area contributed by atoms with Gasteiger partial charge in [-0.3, -0.25) is 0 Å². The third-order valence-electron chi connectivity index (χ3n) is 4.83. The second kappa shape index (κ2) is 6.56. The minimum absolute atomic E-state index is 0.346. The Hall–Kier alpha value is -0.820. The molecule has 0 saturated heterocycles. The number of aryl methyl sites for hydroxylation is 2. The fraction of sp³-hybridized carbons (Fsp3) is 0.667. The van der Waals surface area contributed by atoms with Crippen molar-refractivity contribution in [3.8, 4) is 0 Å². The molecule has 2 N–H and O–H groups in total. The molecule has 1 heteroatoms. The van der Waals surface area contributed by atoms with E-state index in [1.807, 2.05) is 0 Å². The fourth-order valence-electron chi connectivity index (χ4n) is 3.65. The molecule has 1 aliphatic rings. The molecule has 106 valence electrons. The number of benzene rings is 1. The normalized spacial score (nSPS) is 25.3. The monoisotopic (exact) mass is 259 g/mol. The van der Waals surface area contributed by atoms with E-state index in [9.17, 15) is 0 Å². The standard InChI is InChI=1S/C18H29N/c1-4-15-5-7-17(8-6-15)18(19)12-16-10-13(2)9-14(3)11-16/h9-11,15,17-18H,4-8,12,19H2,1-3H3. The molecule has 1 aromatic carbocycles. The van der Waals surface area contributed by atoms with Gasteiger partial charge in [-0.1, -0.05) is 55.5 Å². The summed E-state index contributed by atoms with van der Waals surface area (Å²) in [7, 11) is 0. The van der Waals surface area contributed by atoms with Crippen molar-refractivity contribution in [2.24, 2.45) is 17.6 Å². The molecule has 0 heterocycles. The highest BCUT2D eigenvalue weighted by Crippen LogP contribution is 2.32.